The van der Waals surface area contributed by atoms with Gasteiger partial charge in [0.15, 0.2) is 0 Å². The molecule has 3 aliphatic rings. The molecule has 1 spiro atoms. The normalized spacial score (nSPS) is 29.1. The largest absolute Gasteiger partial charge is 0.497 e. The number of carbonyl (C=O) groups excluding carboxylic acids is 3. The summed E-state index contributed by atoms with van der Waals surface area (Å²) in [5.41, 5.74) is 1.31. The van der Waals surface area contributed by atoms with Gasteiger partial charge < -0.3 is 24.8 Å². The van der Waals surface area contributed by atoms with Crippen molar-refractivity contribution in [2.75, 3.05) is 25.6 Å². The van der Waals surface area contributed by atoms with Crippen LogP contribution < -0.4 is 10.1 Å². The van der Waals surface area contributed by atoms with Crippen LogP contribution in [-0.2, 0) is 19.1 Å². The Bertz CT molecular complexity index is 1140. The van der Waals surface area contributed by atoms with Crippen molar-refractivity contribution in [2.45, 2.75) is 41.8 Å². The van der Waals surface area contributed by atoms with Gasteiger partial charge in [-0.2, -0.15) is 0 Å². The van der Waals surface area contributed by atoms with Crippen LogP contribution in [0.3, 0.4) is 0 Å². The lowest BCUT2D eigenvalue weighted by Gasteiger charge is -2.37. The molecule has 2 amide bonds. The van der Waals surface area contributed by atoms with Gasteiger partial charge in [-0.3, -0.25) is 14.4 Å². The zero-order chi connectivity index (χ0) is 25.4. The van der Waals surface area contributed by atoms with Crippen molar-refractivity contribution in [2.24, 2.45) is 11.8 Å². The average Bonchev–Trinajstić information content (AvgIpc) is 3.53. The third-order valence-electron chi connectivity index (χ3n) is 7.60. The highest BCUT2D eigenvalue weighted by Crippen LogP contribution is 2.67. The molecule has 0 aromatic heterocycles. The van der Waals surface area contributed by atoms with E-state index in [0.717, 1.165) is 12.0 Å². The van der Waals surface area contributed by atoms with Gasteiger partial charge in [-0.1, -0.05) is 30.3 Å². The van der Waals surface area contributed by atoms with E-state index in [1.54, 1.807) is 50.1 Å². The van der Waals surface area contributed by atoms with Gasteiger partial charge in [-0.25, -0.2) is 0 Å². The minimum atomic E-state index is -0.858. The number of hydrogen-bond donors (Lipinski definition) is 2. The van der Waals surface area contributed by atoms with Gasteiger partial charge in [0.2, 0.25) is 11.8 Å². The Kier molecular flexibility index (Phi) is 6.70. The zero-order valence-electron chi connectivity index (χ0n) is 20.3. The molecule has 3 aliphatic heterocycles. The SMILES string of the molecule is CCOC(=O)[C@@H]1[C@@H]2CCC3(S2)C(C(=O)Nc2ccc(OC)cc2)N([C@H](CO)c2ccccc2)C(=O)[C@H]13. The lowest BCUT2D eigenvalue weighted by Crippen LogP contribution is -2.52. The van der Waals surface area contributed by atoms with Crippen LogP contribution in [0.2, 0.25) is 0 Å². The van der Waals surface area contributed by atoms with E-state index in [1.165, 1.54) is 4.90 Å². The number of hydrogen-bond acceptors (Lipinski definition) is 7. The van der Waals surface area contributed by atoms with Gasteiger partial charge >= 0.3 is 5.97 Å². The molecule has 0 radical (unpaired) electrons. The molecular formula is C27H30N2O6S. The lowest BCUT2D eigenvalue weighted by atomic mass is 9.71. The molecule has 2 N–H and O–H groups in total. The second kappa shape index (κ2) is 9.78. The molecule has 5 rings (SSSR count). The topological polar surface area (TPSA) is 105 Å². The first kappa shape index (κ1) is 24.6. The number of rotatable bonds is 8. The third-order valence-corrected chi connectivity index (χ3v) is 9.55. The van der Waals surface area contributed by atoms with Crippen molar-refractivity contribution in [3.05, 3.63) is 60.2 Å². The number of aliphatic hydroxyl groups is 1. The highest BCUT2D eigenvalue weighted by molar-refractivity contribution is 8.02. The first-order chi connectivity index (χ1) is 17.4. The number of carbonyl (C=O) groups is 3. The number of nitrogens with one attached hydrogen (secondary N) is 1. The Morgan fingerprint density at radius 2 is 1.92 bits per heavy atom. The molecule has 3 saturated heterocycles. The molecule has 0 saturated carbocycles. The first-order valence-electron chi connectivity index (χ1n) is 12.2. The highest BCUT2D eigenvalue weighted by Gasteiger charge is 2.74. The van der Waals surface area contributed by atoms with Crippen molar-refractivity contribution in [3.8, 4) is 5.75 Å². The van der Waals surface area contributed by atoms with Crippen LogP contribution in [0.25, 0.3) is 0 Å². The van der Waals surface area contributed by atoms with Gasteiger partial charge in [0, 0.05) is 10.9 Å². The van der Waals surface area contributed by atoms with Gasteiger partial charge in [0.1, 0.15) is 11.8 Å². The molecule has 36 heavy (non-hydrogen) atoms. The number of benzene rings is 2. The van der Waals surface area contributed by atoms with Gasteiger partial charge in [0.05, 0.1) is 42.9 Å². The van der Waals surface area contributed by atoms with Crippen LogP contribution in [0.4, 0.5) is 5.69 Å². The summed E-state index contributed by atoms with van der Waals surface area (Å²) < 4.78 is 9.81. The number of aliphatic hydroxyl groups excluding tert-OH is 1. The number of anilines is 1. The molecule has 3 heterocycles. The zero-order valence-corrected chi connectivity index (χ0v) is 21.1. The summed E-state index contributed by atoms with van der Waals surface area (Å²) in [6.45, 7) is 1.64. The molecule has 6 atom stereocenters. The summed E-state index contributed by atoms with van der Waals surface area (Å²) in [6, 6.07) is 14.6. The third kappa shape index (κ3) is 3.85. The van der Waals surface area contributed by atoms with Crippen molar-refractivity contribution in [1.82, 2.24) is 4.90 Å². The summed E-state index contributed by atoms with van der Waals surface area (Å²) in [7, 11) is 1.57. The van der Waals surface area contributed by atoms with Crippen LogP contribution in [0.1, 0.15) is 31.4 Å². The van der Waals surface area contributed by atoms with Gasteiger partial charge in [-0.05, 0) is 49.6 Å². The number of esters is 1. The molecule has 2 bridgehead atoms. The van der Waals surface area contributed by atoms with E-state index in [2.05, 4.69) is 5.32 Å². The number of nitrogens with zero attached hydrogens (tertiary/aromatic N) is 1. The van der Waals surface area contributed by atoms with E-state index < -0.39 is 28.7 Å². The smallest absolute Gasteiger partial charge is 0.310 e. The first-order valence-corrected chi connectivity index (χ1v) is 13.1. The van der Waals surface area contributed by atoms with E-state index >= 15 is 0 Å². The van der Waals surface area contributed by atoms with Crippen LogP contribution in [0, 0.1) is 11.8 Å². The fourth-order valence-corrected chi connectivity index (χ4v) is 8.34. The Labute approximate surface area is 214 Å². The van der Waals surface area contributed by atoms with E-state index in [4.69, 9.17) is 9.47 Å². The standard InChI is InChI=1S/C27H30N2O6S/c1-3-35-26(33)21-20-13-14-27(36-20)22(21)25(32)29(19(15-30)16-7-5-4-6-8-16)23(27)24(31)28-17-9-11-18(34-2)12-10-17/h4-12,19-23,30H,3,13-15H2,1-2H3,(H,28,31)/t19-,20+,21-,22+,23?,27?/m1/s1. The number of amides is 2. The molecule has 3 fully saturated rings. The van der Waals surface area contributed by atoms with Crippen LogP contribution in [0.5, 0.6) is 5.75 Å². The fraction of sp³-hybridized carbons (Fsp3) is 0.444. The Morgan fingerprint density at radius 3 is 2.56 bits per heavy atom. The van der Waals surface area contributed by atoms with Gasteiger partial charge in [-0.15, -0.1) is 11.8 Å². The predicted molar refractivity (Wildman–Crippen MR) is 135 cm³/mol. The number of thioether (sulfide) groups is 1. The monoisotopic (exact) mass is 510 g/mol. The van der Waals surface area contributed by atoms with Crippen molar-refractivity contribution in [1.29, 1.82) is 0 Å². The maximum Gasteiger partial charge on any atom is 0.310 e. The molecule has 2 aromatic rings. The maximum absolute atomic E-state index is 14.1. The summed E-state index contributed by atoms with van der Waals surface area (Å²) in [5, 5.41) is 13.4. The van der Waals surface area contributed by atoms with Crippen LogP contribution in [0.15, 0.2) is 54.6 Å². The Morgan fingerprint density at radius 1 is 1.19 bits per heavy atom. The molecular weight excluding hydrogens is 480 g/mol. The lowest BCUT2D eigenvalue weighted by molar-refractivity contribution is -0.154. The number of methoxy groups -OCH3 is 1. The van der Waals surface area contributed by atoms with E-state index in [9.17, 15) is 19.5 Å². The summed E-state index contributed by atoms with van der Waals surface area (Å²) in [6.07, 6.45) is 1.37. The van der Waals surface area contributed by atoms with Gasteiger partial charge in [0.25, 0.3) is 0 Å². The molecule has 2 unspecified atom stereocenters. The van der Waals surface area contributed by atoms with Crippen molar-refractivity contribution in [3.63, 3.8) is 0 Å². The summed E-state index contributed by atoms with van der Waals surface area (Å²) in [4.78, 5) is 42.6. The number of likely N-dealkylation sites (tertiary alicyclic amines) is 1. The van der Waals surface area contributed by atoms with Crippen LogP contribution >= 0.6 is 11.8 Å². The summed E-state index contributed by atoms with van der Waals surface area (Å²) >= 11 is 1.57. The Balaban J connectivity index is 1.56. The van der Waals surface area contributed by atoms with E-state index in [-0.39, 0.29) is 36.2 Å². The fourth-order valence-electron chi connectivity index (χ4n) is 6.15. The number of fused-ring (bicyclic) bond motifs is 1. The molecule has 2 aromatic carbocycles. The van der Waals surface area contributed by atoms with Crippen molar-refractivity contribution < 1.29 is 29.0 Å². The predicted octanol–water partition coefficient (Wildman–Crippen LogP) is 3.02. The van der Waals surface area contributed by atoms with E-state index in [0.29, 0.717) is 17.9 Å². The number of ether oxygens (including phenoxy) is 2. The quantitative estimate of drug-likeness (QED) is 0.526. The Hall–Kier alpha value is -3.04. The highest BCUT2D eigenvalue weighted by atomic mass is 32.2. The van der Waals surface area contributed by atoms with Crippen LogP contribution in [-0.4, -0.2) is 64.2 Å². The average molecular weight is 511 g/mol. The molecule has 8 nitrogen and oxygen atoms in total. The maximum atomic E-state index is 14.1. The molecule has 0 aliphatic carbocycles. The second-order valence-corrected chi connectivity index (χ2v) is 11.0. The molecule has 9 heteroatoms. The second-order valence-electron chi connectivity index (χ2n) is 9.38. The minimum Gasteiger partial charge on any atom is -0.497 e. The van der Waals surface area contributed by atoms with Crippen molar-refractivity contribution >= 4 is 35.2 Å². The molecule has 190 valence electrons. The van der Waals surface area contributed by atoms with E-state index in [1.807, 2.05) is 30.3 Å². The minimum absolute atomic E-state index is 0.0688. The summed E-state index contributed by atoms with van der Waals surface area (Å²) in [5.74, 6) is -1.61.